The molecular weight excluding hydrogens is 626 g/mol. The van der Waals surface area contributed by atoms with E-state index in [2.05, 4.69) is 90.6 Å². The van der Waals surface area contributed by atoms with Gasteiger partial charge in [-0.15, -0.1) is 6.58 Å². The molecule has 1 atom stereocenters. The summed E-state index contributed by atoms with van der Waals surface area (Å²) < 4.78 is 13.7. The van der Waals surface area contributed by atoms with Crippen molar-refractivity contribution < 1.29 is 19.1 Å². The molecule has 0 radical (unpaired) electrons. The Morgan fingerprint density at radius 3 is 2.60 bits per heavy atom. The van der Waals surface area contributed by atoms with E-state index in [1.807, 2.05) is 25.3 Å². The number of nitrogens with zero attached hydrogens (tertiary/aromatic N) is 2. The van der Waals surface area contributed by atoms with E-state index >= 15 is 0 Å². The Morgan fingerprint density at radius 1 is 1.08 bits per heavy atom. The van der Waals surface area contributed by atoms with E-state index in [0.29, 0.717) is 26.0 Å². The van der Waals surface area contributed by atoms with Crippen LogP contribution in [0.1, 0.15) is 83.2 Å². The van der Waals surface area contributed by atoms with E-state index in [1.54, 1.807) is 7.11 Å². The van der Waals surface area contributed by atoms with Crippen LogP contribution in [0.25, 0.3) is 33.3 Å². The number of hydrogen-bond acceptors (Lipinski definition) is 7. The lowest BCUT2D eigenvalue weighted by molar-refractivity contribution is -0.143. The van der Waals surface area contributed by atoms with Gasteiger partial charge in [0, 0.05) is 67.4 Å². The summed E-state index contributed by atoms with van der Waals surface area (Å²) in [5.74, 6) is -0.273. The number of pyridine rings is 1. The highest BCUT2D eigenvalue weighted by Crippen LogP contribution is 2.42. The van der Waals surface area contributed by atoms with E-state index < -0.39 is 0 Å². The van der Waals surface area contributed by atoms with Crippen LogP contribution in [0.2, 0.25) is 0 Å². The van der Waals surface area contributed by atoms with Crippen molar-refractivity contribution in [3.63, 3.8) is 0 Å². The average Bonchev–Trinajstić information content (AvgIpc) is 3.42. The summed E-state index contributed by atoms with van der Waals surface area (Å²) in [7, 11) is 1.72. The van der Waals surface area contributed by atoms with Gasteiger partial charge in [0.15, 0.2) is 0 Å². The van der Waals surface area contributed by atoms with Gasteiger partial charge in [-0.25, -0.2) is 5.43 Å². The van der Waals surface area contributed by atoms with E-state index in [1.165, 1.54) is 23.4 Å². The summed E-state index contributed by atoms with van der Waals surface area (Å²) in [4.78, 5) is 27.1. The number of fused-ring (bicyclic) bond motifs is 1. The van der Waals surface area contributed by atoms with Crippen LogP contribution in [-0.4, -0.2) is 48.7 Å². The van der Waals surface area contributed by atoms with Gasteiger partial charge >= 0.3 is 5.97 Å². The van der Waals surface area contributed by atoms with E-state index in [-0.39, 0.29) is 17.5 Å². The van der Waals surface area contributed by atoms with Gasteiger partial charge in [-0.05, 0) is 98.2 Å². The molecule has 0 aliphatic heterocycles. The Labute approximate surface area is 297 Å². The number of ether oxygens (including phenoxy) is 2. The minimum Gasteiger partial charge on any atom is -0.465 e. The van der Waals surface area contributed by atoms with Crippen LogP contribution in [0.15, 0.2) is 67.4 Å². The van der Waals surface area contributed by atoms with Gasteiger partial charge in [-0.1, -0.05) is 44.9 Å². The zero-order valence-electron chi connectivity index (χ0n) is 30.7. The van der Waals surface area contributed by atoms with Crippen molar-refractivity contribution in [1.82, 2.24) is 20.4 Å². The van der Waals surface area contributed by atoms with Crippen molar-refractivity contribution in [1.29, 1.82) is 0 Å². The van der Waals surface area contributed by atoms with Crippen LogP contribution < -0.4 is 16.2 Å². The molecule has 0 aliphatic carbocycles. The summed E-state index contributed by atoms with van der Waals surface area (Å²) in [5.41, 5.74) is 15.2. The van der Waals surface area contributed by atoms with Crippen LogP contribution >= 0.6 is 0 Å². The van der Waals surface area contributed by atoms with Crippen molar-refractivity contribution in [2.45, 2.75) is 85.8 Å². The van der Waals surface area contributed by atoms with Crippen molar-refractivity contribution >= 4 is 29.0 Å². The average molecular weight is 682 g/mol. The molecule has 4 rings (SSSR count). The Morgan fingerprint density at radius 2 is 1.88 bits per heavy atom. The summed E-state index contributed by atoms with van der Waals surface area (Å²) in [6.07, 6.45) is 10.2. The summed E-state index contributed by atoms with van der Waals surface area (Å²) in [6, 6.07) is 17.7. The summed E-state index contributed by atoms with van der Waals surface area (Å²) in [5, 5.41) is 4.70. The van der Waals surface area contributed by atoms with Gasteiger partial charge in [-0.2, -0.15) is 0 Å². The number of aryl methyl sites for hydroxylation is 2. The number of rotatable bonds is 21. The lowest BCUT2D eigenvalue weighted by atomic mass is 9.84. The van der Waals surface area contributed by atoms with Crippen LogP contribution in [0.4, 0.5) is 5.69 Å². The van der Waals surface area contributed by atoms with Gasteiger partial charge in [0.25, 0.3) is 0 Å². The standard InChI is InChI=1S/C41H55N5O4/c1-8-19-42-34-23-31(15-12-10-11-13-21-44-45-28-47)22-33(24-34)32-17-18-38-36(25-32)37(26-41(5,6)27-50-30(4)48)40(46(38)9-2)35-16-14-20-43-39(35)29(3)49-7/h8,14,16-18,20,22-25,28-29,42,44H,1,9-13,15,19,21,26-27H2,2-7H3,(H,45,47). The Bertz CT molecular complexity index is 1740. The number of methoxy groups -OCH3 is 1. The number of hydrazine groups is 1. The number of benzene rings is 2. The Kier molecular flexibility index (Phi) is 14.2. The monoisotopic (exact) mass is 681 g/mol. The number of anilines is 1. The highest BCUT2D eigenvalue weighted by molar-refractivity contribution is 5.95. The second-order valence-corrected chi connectivity index (χ2v) is 13.7. The highest BCUT2D eigenvalue weighted by atomic mass is 16.5. The maximum atomic E-state index is 11.8. The fourth-order valence-corrected chi connectivity index (χ4v) is 6.60. The zero-order valence-corrected chi connectivity index (χ0v) is 30.7. The molecule has 1 unspecified atom stereocenters. The van der Waals surface area contributed by atoms with Gasteiger partial charge in [0.05, 0.1) is 24.1 Å². The molecule has 2 aromatic heterocycles. The Hall–Kier alpha value is -4.47. The second-order valence-electron chi connectivity index (χ2n) is 13.7. The molecule has 4 aromatic rings. The molecule has 50 heavy (non-hydrogen) atoms. The molecular formula is C41H55N5O4. The van der Waals surface area contributed by atoms with Gasteiger partial charge in [-0.3, -0.25) is 20.0 Å². The quantitative estimate of drug-likeness (QED) is 0.0268. The number of hydrogen-bond donors (Lipinski definition) is 3. The minimum atomic E-state index is -0.318. The molecule has 9 nitrogen and oxygen atoms in total. The summed E-state index contributed by atoms with van der Waals surface area (Å²) >= 11 is 0. The van der Waals surface area contributed by atoms with Gasteiger partial charge in [0.2, 0.25) is 6.41 Å². The molecule has 0 bridgehead atoms. The maximum absolute atomic E-state index is 11.8. The molecule has 2 aromatic carbocycles. The summed E-state index contributed by atoms with van der Waals surface area (Å²) in [6.45, 7) is 16.4. The van der Waals surface area contributed by atoms with Crippen molar-refractivity contribution in [2.24, 2.45) is 5.41 Å². The molecule has 1 amide bonds. The van der Waals surface area contributed by atoms with Gasteiger partial charge < -0.3 is 19.4 Å². The fourth-order valence-electron chi connectivity index (χ4n) is 6.60. The number of esters is 1. The first-order chi connectivity index (χ1) is 24.1. The highest BCUT2D eigenvalue weighted by Gasteiger charge is 2.29. The molecule has 0 saturated heterocycles. The Balaban J connectivity index is 1.81. The lowest BCUT2D eigenvalue weighted by Gasteiger charge is -2.25. The van der Waals surface area contributed by atoms with E-state index in [0.717, 1.165) is 84.5 Å². The van der Waals surface area contributed by atoms with Crippen molar-refractivity contribution in [3.05, 3.63) is 84.2 Å². The second kappa shape index (κ2) is 18.5. The minimum absolute atomic E-state index is 0.188. The first kappa shape index (κ1) is 38.3. The molecule has 9 heteroatoms. The molecule has 0 spiro atoms. The number of nitrogens with one attached hydrogen (secondary N) is 3. The van der Waals surface area contributed by atoms with Crippen molar-refractivity contribution in [2.75, 3.05) is 32.1 Å². The normalized spacial score (nSPS) is 12.1. The lowest BCUT2D eigenvalue weighted by Crippen LogP contribution is -2.30. The predicted molar refractivity (Wildman–Crippen MR) is 204 cm³/mol. The first-order valence-corrected chi connectivity index (χ1v) is 17.8. The topological polar surface area (TPSA) is 107 Å². The number of carbonyl (C=O) groups is 2. The van der Waals surface area contributed by atoms with Gasteiger partial charge in [0.1, 0.15) is 0 Å². The van der Waals surface area contributed by atoms with Crippen molar-refractivity contribution in [3.8, 4) is 22.4 Å². The van der Waals surface area contributed by atoms with Crippen LogP contribution in [-0.2, 0) is 38.4 Å². The fraction of sp³-hybridized carbons (Fsp3) is 0.439. The SMILES string of the molecule is C=CCNc1cc(CCCCCCNNC=O)cc(-c2ccc3c(c2)c(CC(C)(C)COC(C)=O)c(-c2cccnc2C(C)OC)n3CC)c1. The zero-order chi connectivity index (χ0) is 36.1. The third-order valence-corrected chi connectivity index (χ3v) is 9.09. The molecule has 0 fully saturated rings. The smallest absolute Gasteiger partial charge is 0.302 e. The first-order valence-electron chi connectivity index (χ1n) is 17.8. The van der Waals surface area contributed by atoms with E-state index in [9.17, 15) is 9.59 Å². The third-order valence-electron chi connectivity index (χ3n) is 9.09. The van der Waals surface area contributed by atoms with E-state index in [4.69, 9.17) is 14.5 Å². The van der Waals surface area contributed by atoms with Crippen LogP contribution in [0, 0.1) is 5.41 Å². The molecule has 3 N–H and O–H groups in total. The molecule has 0 aliphatic rings. The number of amides is 1. The predicted octanol–water partition coefficient (Wildman–Crippen LogP) is 8.18. The van der Waals surface area contributed by atoms with Crippen LogP contribution in [0.3, 0.4) is 0 Å². The number of unbranched alkanes of at least 4 members (excludes halogenated alkanes) is 3. The number of carbonyl (C=O) groups excluding carboxylic acids is 2. The largest absolute Gasteiger partial charge is 0.465 e. The molecule has 268 valence electrons. The van der Waals surface area contributed by atoms with Crippen LogP contribution in [0.5, 0.6) is 0 Å². The number of aromatic nitrogens is 2. The maximum Gasteiger partial charge on any atom is 0.302 e. The molecule has 0 saturated carbocycles. The third kappa shape index (κ3) is 10.0. The molecule has 2 heterocycles.